The molecular formula is C32H44N4O11. The molecule has 2 aromatic rings. The van der Waals surface area contributed by atoms with E-state index in [1.54, 1.807) is 43.3 Å². The minimum Gasteiger partial charge on any atom is -0.506 e. The van der Waals surface area contributed by atoms with Crippen molar-refractivity contribution in [2.75, 3.05) is 46.2 Å². The molecule has 0 spiro atoms. The van der Waals surface area contributed by atoms with Crippen LogP contribution in [0.4, 0.5) is 11.4 Å². The Labute approximate surface area is 272 Å². The standard InChI is InChI=1S/C32H44N4O11/c1-19(20(2)38)16-22-4-9-26(40)25(17-22)36-35-24-7-5-23(6-8-24)31(43)33-10-11-44-12-13-45-14-15-46-32-28(34-21(3)39)30(42)29(41)27(18-37)47-32/h4-9,17,19,27-30,32,37,40-42H,10-16,18H2,1-3H3,(H,33,43)(H,34,39)/b36-35+/t19?,27?,28?,29-,30?,32+/m0/s1. The lowest BCUT2D eigenvalue weighted by Crippen LogP contribution is -2.64. The van der Waals surface area contributed by atoms with Crippen molar-refractivity contribution in [3.05, 3.63) is 53.6 Å². The van der Waals surface area contributed by atoms with Gasteiger partial charge in [0.15, 0.2) is 6.29 Å². The van der Waals surface area contributed by atoms with Crippen molar-refractivity contribution in [2.45, 2.75) is 57.8 Å². The number of phenols is 1. The Morgan fingerprint density at radius 2 is 1.62 bits per heavy atom. The van der Waals surface area contributed by atoms with Gasteiger partial charge in [-0.05, 0) is 55.3 Å². The van der Waals surface area contributed by atoms with Crippen molar-refractivity contribution in [1.82, 2.24) is 10.6 Å². The van der Waals surface area contributed by atoms with Crippen LogP contribution in [-0.2, 0) is 35.0 Å². The molecule has 4 unspecified atom stereocenters. The fourth-order valence-corrected chi connectivity index (χ4v) is 4.56. The molecule has 1 saturated heterocycles. The van der Waals surface area contributed by atoms with Crippen LogP contribution >= 0.6 is 0 Å². The number of amides is 2. The maximum absolute atomic E-state index is 12.5. The Morgan fingerprint density at radius 3 is 2.28 bits per heavy atom. The lowest BCUT2D eigenvalue weighted by molar-refractivity contribution is -0.272. The summed E-state index contributed by atoms with van der Waals surface area (Å²) in [6.45, 7) is 5.34. The summed E-state index contributed by atoms with van der Waals surface area (Å²) in [6, 6.07) is 10.4. The number of nitrogens with zero attached hydrogens (tertiary/aromatic N) is 2. The van der Waals surface area contributed by atoms with Gasteiger partial charge in [-0.2, -0.15) is 5.11 Å². The number of carbonyl (C=O) groups excluding carboxylic acids is 3. The molecule has 2 aromatic carbocycles. The Morgan fingerprint density at radius 1 is 0.936 bits per heavy atom. The number of nitrogens with one attached hydrogen (secondary N) is 2. The number of benzene rings is 2. The maximum Gasteiger partial charge on any atom is 0.251 e. The molecule has 15 heteroatoms. The van der Waals surface area contributed by atoms with Crippen molar-refractivity contribution in [2.24, 2.45) is 16.1 Å². The fourth-order valence-electron chi connectivity index (χ4n) is 4.56. The lowest BCUT2D eigenvalue weighted by Gasteiger charge is -2.42. The van der Waals surface area contributed by atoms with Gasteiger partial charge in [-0.3, -0.25) is 14.4 Å². The molecule has 47 heavy (non-hydrogen) atoms. The lowest BCUT2D eigenvalue weighted by atomic mass is 9.97. The molecule has 2 amide bonds. The first kappa shape index (κ1) is 37.6. The van der Waals surface area contributed by atoms with E-state index in [0.717, 1.165) is 5.56 Å². The highest BCUT2D eigenvalue weighted by molar-refractivity contribution is 5.94. The molecule has 0 bridgehead atoms. The first-order valence-corrected chi connectivity index (χ1v) is 15.3. The maximum atomic E-state index is 12.5. The monoisotopic (exact) mass is 660 g/mol. The third-order valence-corrected chi connectivity index (χ3v) is 7.34. The number of azo groups is 1. The molecule has 0 saturated carbocycles. The Hall–Kier alpha value is -3.83. The van der Waals surface area contributed by atoms with Crippen LogP contribution in [0.25, 0.3) is 0 Å². The normalized spacial score (nSPS) is 21.8. The highest BCUT2D eigenvalue weighted by Gasteiger charge is 2.45. The minimum atomic E-state index is -1.39. The third kappa shape index (κ3) is 12.0. The number of aromatic hydroxyl groups is 1. The number of ether oxygens (including phenoxy) is 4. The molecular weight excluding hydrogens is 616 g/mol. The number of hydrogen-bond donors (Lipinski definition) is 6. The van der Waals surface area contributed by atoms with E-state index in [9.17, 15) is 34.8 Å². The van der Waals surface area contributed by atoms with Crippen molar-refractivity contribution in [3.8, 4) is 5.75 Å². The van der Waals surface area contributed by atoms with Gasteiger partial charge in [0.1, 0.15) is 41.6 Å². The number of phenolic OH excluding ortho intramolecular Hbond substituents is 1. The summed E-state index contributed by atoms with van der Waals surface area (Å²) < 4.78 is 22.0. The van der Waals surface area contributed by atoms with Crippen molar-refractivity contribution in [3.63, 3.8) is 0 Å². The van der Waals surface area contributed by atoms with E-state index >= 15 is 0 Å². The molecule has 1 aliphatic heterocycles. The Bertz CT molecular complexity index is 1340. The number of Topliss-reactive ketones (excluding diaryl/α,β-unsaturated/α-hetero) is 1. The average Bonchev–Trinajstić information content (AvgIpc) is 3.05. The SMILES string of the molecule is CC(=O)NC1C(O)[C@@H](O)C(CO)O[C@H]1OCCOCCOCCNC(=O)c1ccc(/N=N/c2cc(CC(C)C(C)=O)ccc2O)cc1. The average molecular weight is 661 g/mol. The number of aliphatic hydroxyl groups is 3. The number of rotatable bonds is 18. The molecule has 3 rings (SSSR count). The number of hydrogen-bond acceptors (Lipinski definition) is 13. The molecule has 6 N–H and O–H groups in total. The third-order valence-electron chi connectivity index (χ3n) is 7.34. The minimum absolute atomic E-state index is 0.0317. The van der Waals surface area contributed by atoms with E-state index in [4.69, 9.17) is 18.9 Å². The van der Waals surface area contributed by atoms with Gasteiger partial charge in [0.25, 0.3) is 5.91 Å². The zero-order chi connectivity index (χ0) is 34.3. The molecule has 258 valence electrons. The molecule has 0 radical (unpaired) electrons. The first-order chi connectivity index (χ1) is 22.5. The predicted molar refractivity (Wildman–Crippen MR) is 168 cm³/mol. The molecule has 15 nitrogen and oxygen atoms in total. The molecule has 1 aliphatic rings. The summed E-state index contributed by atoms with van der Waals surface area (Å²) in [7, 11) is 0. The van der Waals surface area contributed by atoms with Gasteiger partial charge in [-0.1, -0.05) is 13.0 Å². The summed E-state index contributed by atoms with van der Waals surface area (Å²) >= 11 is 0. The Balaban J connectivity index is 1.31. The van der Waals surface area contributed by atoms with Crippen molar-refractivity contribution < 1.29 is 53.8 Å². The van der Waals surface area contributed by atoms with Gasteiger partial charge in [0.2, 0.25) is 5.91 Å². The van der Waals surface area contributed by atoms with E-state index in [0.29, 0.717) is 17.7 Å². The molecule has 0 aliphatic carbocycles. The second-order valence-corrected chi connectivity index (χ2v) is 11.1. The molecule has 6 atom stereocenters. The topological polar surface area (TPSA) is 218 Å². The second kappa shape index (κ2) is 19.1. The van der Waals surface area contributed by atoms with Crippen LogP contribution in [0.5, 0.6) is 5.75 Å². The zero-order valence-electron chi connectivity index (χ0n) is 26.7. The van der Waals surface area contributed by atoms with Crippen LogP contribution in [0.2, 0.25) is 0 Å². The molecule has 1 heterocycles. The van der Waals surface area contributed by atoms with E-state index in [1.165, 1.54) is 13.0 Å². The highest BCUT2D eigenvalue weighted by Crippen LogP contribution is 2.30. The van der Waals surface area contributed by atoms with E-state index in [-0.39, 0.29) is 68.6 Å². The van der Waals surface area contributed by atoms with Gasteiger partial charge in [0.05, 0.1) is 45.3 Å². The summed E-state index contributed by atoms with van der Waals surface area (Å²) in [5, 5.41) is 53.3. The van der Waals surface area contributed by atoms with Gasteiger partial charge in [0, 0.05) is 24.9 Å². The largest absolute Gasteiger partial charge is 0.506 e. The van der Waals surface area contributed by atoms with Crippen LogP contribution < -0.4 is 10.6 Å². The van der Waals surface area contributed by atoms with Crippen LogP contribution in [0.1, 0.15) is 36.7 Å². The smallest absolute Gasteiger partial charge is 0.251 e. The van der Waals surface area contributed by atoms with Crippen LogP contribution in [0, 0.1) is 5.92 Å². The summed E-state index contributed by atoms with van der Waals surface area (Å²) in [5.41, 5.74) is 2.05. The zero-order valence-corrected chi connectivity index (χ0v) is 26.7. The first-order valence-electron chi connectivity index (χ1n) is 15.3. The Kier molecular flexibility index (Phi) is 15.3. The summed E-state index contributed by atoms with van der Waals surface area (Å²) in [5.74, 6) is -0.830. The van der Waals surface area contributed by atoms with Gasteiger partial charge >= 0.3 is 0 Å². The van der Waals surface area contributed by atoms with Crippen LogP contribution in [0.15, 0.2) is 52.7 Å². The fraction of sp³-hybridized carbons (Fsp3) is 0.531. The van der Waals surface area contributed by atoms with Crippen molar-refractivity contribution >= 4 is 29.0 Å². The number of ketones is 1. The van der Waals surface area contributed by atoms with Crippen LogP contribution in [0.3, 0.4) is 0 Å². The van der Waals surface area contributed by atoms with Gasteiger partial charge in [-0.25, -0.2) is 0 Å². The predicted octanol–water partition coefficient (Wildman–Crippen LogP) is 1.30. The van der Waals surface area contributed by atoms with Gasteiger partial charge < -0.3 is 50.0 Å². The van der Waals surface area contributed by atoms with Crippen LogP contribution in [-0.4, -0.2) is 115 Å². The summed E-state index contributed by atoms with van der Waals surface area (Å²) in [6.07, 6.45) is -4.40. The second-order valence-electron chi connectivity index (χ2n) is 11.1. The van der Waals surface area contributed by atoms with E-state index in [1.807, 2.05) is 6.92 Å². The molecule has 1 fully saturated rings. The quantitative estimate of drug-likeness (QED) is 0.0989. The highest BCUT2D eigenvalue weighted by atomic mass is 16.7. The number of aliphatic hydroxyl groups excluding tert-OH is 3. The number of carbonyl (C=O) groups is 3. The van der Waals surface area contributed by atoms with E-state index in [2.05, 4.69) is 20.9 Å². The van der Waals surface area contributed by atoms with Gasteiger partial charge in [-0.15, -0.1) is 5.11 Å². The molecule has 0 aromatic heterocycles. The van der Waals surface area contributed by atoms with E-state index < -0.39 is 43.2 Å². The van der Waals surface area contributed by atoms with Crippen molar-refractivity contribution in [1.29, 1.82) is 0 Å². The summed E-state index contributed by atoms with van der Waals surface area (Å²) in [4.78, 5) is 35.5.